The van der Waals surface area contributed by atoms with Gasteiger partial charge in [-0.2, -0.15) is 0 Å². The van der Waals surface area contributed by atoms with Crippen molar-refractivity contribution in [2.45, 2.75) is 103 Å². The molecule has 2 heterocycles. The molecule has 2 aliphatic heterocycles. The minimum Gasteiger partial charge on any atom is -0.393 e. The Hall–Kier alpha value is -0.380. The van der Waals surface area contributed by atoms with Gasteiger partial charge in [0.2, 0.25) is 0 Å². The predicted molar refractivity (Wildman–Crippen MR) is 120 cm³/mol. The molecule has 6 aliphatic rings. The van der Waals surface area contributed by atoms with Crippen molar-refractivity contribution in [3.8, 4) is 0 Å². The molecule has 0 amide bonds. The van der Waals surface area contributed by atoms with Gasteiger partial charge in [0.15, 0.2) is 0 Å². The van der Waals surface area contributed by atoms with Crippen molar-refractivity contribution in [1.29, 1.82) is 0 Å². The average molecular weight is 414 g/mol. The van der Waals surface area contributed by atoms with Gasteiger partial charge in [0.1, 0.15) is 5.72 Å². The van der Waals surface area contributed by atoms with Crippen LogP contribution in [0.3, 0.4) is 0 Å². The molecule has 0 unspecified atom stereocenters. The molecule has 168 valence electrons. The van der Waals surface area contributed by atoms with E-state index in [0.717, 1.165) is 49.0 Å². The SMILES string of the molecule is C[C@H]1CC[C@@]2(NC1)O[C@@H]1C[C@H]3[C@H]4CC=C5C[C@@H](O)CC[C@]5(C)[C@@H]4CC[C@@]3(C)[C@@H]1[C@H]2C. The number of hydrogen-bond acceptors (Lipinski definition) is 3. The summed E-state index contributed by atoms with van der Waals surface area (Å²) in [5, 5.41) is 14.1. The Balaban J connectivity index is 1.28. The highest BCUT2D eigenvalue weighted by Gasteiger charge is 2.68. The summed E-state index contributed by atoms with van der Waals surface area (Å²) in [6.45, 7) is 11.2. The van der Waals surface area contributed by atoms with Gasteiger partial charge in [-0.3, -0.25) is 5.32 Å². The molecule has 2 N–H and O–H groups in total. The highest BCUT2D eigenvalue weighted by atomic mass is 16.5. The van der Waals surface area contributed by atoms with Gasteiger partial charge in [-0.1, -0.05) is 39.3 Å². The molecule has 2 saturated heterocycles. The molecule has 5 fully saturated rings. The number of aliphatic hydroxyl groups excluding tert-OH is 1. The van der Waals surface area contributed by atoms with E-state index in [4.69, 9.17) is 4.74 Å². The first-order valence-corrected chi connectivity index (χ1v) is 13.1. The first-order chi connectivity index (χ1) is 14.3. The number of aliphatic hydroxyl groups is 1. The van der Waals surface area contributed by atoms with E-state index in [-0.39, 0.29) is 11.8 Å². The van der Waals surface area contributed by atoms with E-state index in [0.29, 0.717) is 22.9 Å². The van der Waals surface area contributed by atoms with Gasteiger partial charge in [0, 0.05) is 12.5 Å². The summed E-state index contributed by atoms with van der Waals surface area (Å²) in [5.41, 5.74) is 2.33. The monoisotopic (exact) mass is 413 g/mol. The van der Waals surface area contributed by atoms with E-state index in [1.807, 2.05) is 0 Å². The van der Waals surface area contributed by atoms with E-state index < -0.39 is 0 Å². The summed E-state index contributed by atoms with van der Waals surface area (Å²) < 4.78 is 7.00. The van der Waals surface area contributed by atoms with Crippen LogP contribution in [-0.4, -0.2) is 29.6 Å². The quantitative estimate of drug-likeness (QED) is 0.530. The van der Waals surface area contributed by atoms with Crippen LogP contribution in [0.4, 0.5) is 0 Å². The Labute approximate surface area is 183 Å². The average Bonchev–Trinajstić information content (AvgIpc) is 3.16. The molecule has 0 aromatic rings. The molecule has 3 saturated carbocycles. The summed E-state index contributed by atoms with van der Waals surface area (Å²) >= 11 is 0. The van der Waals surface area contributed by atoms with Crippen LogP contribution < -0.4 is 5.32 Å². The number of fused-ring (bicyclic) bond motifs is 7. The van der Waals surface area contributed by atoms with Crippen molar-refractivity contribution in [2.24, 2.45) is 46.3 Å². The standard InChI is InChI=1S/C27H43NO2/c1-16-7-12-27(28-15-16)17(2)24-23(30-27)14-22-20-6-5-18-13-19(29)8-10-25(18,3)21(20)9-11-26(22,24)4/h5,16-17,19-24,28-29H,6-15H2,1-4H3/t16-,17+,19-,20-,21+,22-,23+,24+,25-,26+,27+/m0/s1. The maximum atomic E-state index is 10.3. The van der Waals surface area contributed by atoms with Gasteiger partial charge in [0.05, 0.1) is 12.2 Å². The second-order valence-corrected chi connectivity index (χ2v) is 12.8. The molecule has 1 spiro atoms. The lowest BCUT2D eigenvalue weighted by molar-refractivity contribution is -0.115. The molecular formula is C27H43NO2. The first kappa shape index (κ1) is 20.2. The van der Waals surface area contributed by atoms with Crippen LogP contribution in [-0.2, 0) is 4.74 Å². The molecule has 3 nitrogen and oxygen atoms in total. The maximum Gasteiger partial charge on any atom is 0.122 e. The highest BCUT2D eigenvalue weighted by Crippen LogP contribution is 2.70. The lowest BCUT2D eigenvalue weighted by Gasteiger charge is -2.58. The number of rotatable bonds is 0. The van der Waals surface area contributed by atoms with Crippen LogP contribution in [0.5, 0.6) is 0 Å². The third-order valence-corrected chi connectivity index (χ3v) is 11.6. The zero-order chi connectivity index (χ0) is 20.9. The smallest absolute Gasteiger partial charge is 0.122 e. The zero-order valence-electron chi connectivity index (χ0n) is 19.6. The molecule has 0 aromatic carbocycles. The van der Waals surface area contributed by atoms with Crippen LogP contribution in [0.2, 0.25) is 0 Å². The van der Waals surface area contributed by atoms with E-state index in [1.165, 1.54) is 44.9 Å². The van der Waals surface area contributed by atoms with Crippen molar-refractivity contribution in [1.82, 2.24) is 5.32 Å². The van der Waals surface area contributed by atoms with E-state index in [1.54, 1.807) is 5.57 Å². The normalized spacial score (nSPS) is 59.8. The van der Waals surface area contributed by atoms with Gasteiger partial charge in [-0.15, -0.1) is 0 Å². The molecule has 30 heavy (non-hydrogen) atoms. The molecule has 11 atom stereocenters. The minimum absolute atomic E-state index is 0.0439. The number of piperidine rings is 1. The Kier molecular flexibility index (Phi) is 4.44. The predicted octanol–water partition coefficient (Wildman–Crippen LogP) is 5.29. The first-order valence-electron chi connectivity index (χ1n) is 13.1. The van der Waals surface area contributed by atoms with Crippen molar-refractivity contribution >= 4 is 0 Å². The number of nitrogens with one attached hydrogen (secondary N) is 1. The van der Waals surface area contributed by atoms with Crippen LogP contribution in [0.25, 0.3) is 0 Å². The molecule has 6 rings (SSSR count). The van der Waals surface area contributed by atoms with Gasteiger partial charge >= 0.3 is 0 Å². The van der Waals surface area contributed by atoms with E-state index >= 15 is 0 Å². The third kappa shape index (κ3) is 2.55. The second-order valence-electron chi connectivity index (χ2n) is 12.8. The second kappa shape index (κ2) is 6.58. The third-order valence-electron chi connectivity index (χ3n) is 11.6. The van der Waals surface area contributed by atoms with Crippen molar-refractivity contribution in [2.75, 3.05) is 6.54 Å². The number of ether oxygens (including phenoxy) is 1. The van der Waals surface area contributed by atoms with Crippen LogP contribution >= 0.6 is 0 Å². The Bertz CT molecular complexity index is 739. The van der Waals surface area contributed by atoms with Crippen LogP contribution in [0.15, 0.2) is 11.6 Å². The molecule has 0 radical (unpaired) electrons. The summed E-state index contributed by atoms with van der Waals surface area (Å²) in [5.74, 6) is 4.58. The van der Waals surface area contributed by atoms with Crippen molar-refractivity contribution < 1.29 is 9.84 Å². The molecule has 0 aromatic heterocycles. The fraction of sp³-hybridized carbons (Fsp3) is 0.926. The lowest BCUT2D eigenvalue weighted by atomic mass is 9.47. The van der Waals surface area contributed by atoms with Gasteiger partial charge in [0.25, 0.3) is 0 Å². The molecular weight excluding hydrogens is 370 g/mol. The topological polar surface area (TPSA) is 41.5 Å². The number of hydrogen-bond donors (Lipinski definition) is 2. The maximum absolute atomic E-state index is 10.3. The van der Waals surface area contributed by atoms with Gasteiger partial charge in [-0.05, 0) is 98.2 Å². The highest BCUT2D eigenvalue weighted by molar-refractivity contribution is 5.26. The summed E-state index contributed by atoms with van der Waals surface area (Å²) in [6, 6.07) is 0. The summed E-state index contributed by atoms with van der Waals surface area (Å²) in [4.78, 5) is 0. The largest absolute Gasteiger partial charge is 0.393 e. The lowest BCUT2D eigenvalue weighted by Crippen LogP contribution is -2.57. The van der Waals surface area contributed by atoms with Gasteiger partial charge in [-0.25, -0.2) is 0 Å². The fourth-order valence-corrected chi connectivity index (χ4v) is 9.84. The van der Waals surface area contributed by atoms with Crippen molar-refractivity contribution in [3.05, 3.63) is 11.6 Å². The molecule has 0 bridgehead atoms. The number of allylic oxidation sites excluding steroid dienone is 1. The van der Waals surface area contributed by atoms with Crippen molar-refractivity contribution in [3.63, 3.8) is 0 Å². The summed E-state index contributed by atoms with van der Waals surface area (Å²) in [7, 11) is 0. The zero-order valence-corrected chi connectivity index (χ0v) is 19.6. The Morgan fingerprint density at radius 2 is 1.90 bits per heavy atom. The Morgan fingerprint density at radius 1 is 1.07 bits per heavy atom. The van der Waals surface area contributed by atoms with Gasteiger partial charge < -0.3 is 9.84 Å². The van der Waals surface area contributed by atoms with E-state index in [2.05, 4.69) is 39.1 Å². The minimum atomic E-state index is -0.100. The van der Waals surface area contributed by atoms with Crippen LogP contribution in [0, 0.1) is 46.3 Å². The van der Waals surface area contributed by atoms with E-state index in [9.17, 15) is 5.11 Å². The van der Waals surface area contributed by atoms with Crippen LogP contribution in [0.1, 0.15) is 85.5 Å². The molecule has 4 aliphatic carbocycles. The molecule has 3 heteroatoms. The fourth-order valence-electron chi connectivity index (χ4n) is 9.84. The summed E-state index contributed by atoms with van der Waals surface area (Å²) in [6.07, 6.45) is 13.8. The Morgan fingerprint density at radius 3 is 2.67 bits per heavy atom.